The molecule has 0 aliphatic rings. The molecule has 3 rings (SSSR count). The second-order valence-corrected chi connectivity index (χ2v) is 6.77. The van der Waals surface area contributed by atoms with Gasteiger partial charge in [-0.15, -0.1) is 0 Å². The zero-order chi connectivity index (χ0) is 19.1. The predicted octanol–water partition coefficient (Wildman–Crippen LogP) is 4.65. The number of nitrogens with zero attached hydrogens (tertiary/aromatic N) is 2. The molecule has 5 heteroatoms. The van der Waals surface area contributed by atoms with Crippen LogP contribution in [0.3, 0.4) is 0 Å². The van der Waals surface area contributed by atoms with Crippen LogP contribution in [0.4, 0.5) is 0 Å². The summed E-state index contributed by atoms with van der Waals surface area (Å²) in [5.41, 5.74) is 2.58. The first kappa shape index (κ1) is 18.7. The minimum absolute atomic E-state index is 0.279. The van der Waals surface area contributed by atoms with Crippen LogP contribution >= 0.6 is 0 Å². The van der Waals surface area contributed by atoms with Gasteiger partial charge in [-0.1, -0.05) is 26.0 Å². The molecule has 0 aliphatic carbocycles. The van der Waals surface area contributed by atoms with Gasteiger partial charge >= 0.3 is 5.97 Å². The molecule has 0 amide bonds. The van der Waals surface area contributed by atoms with Crippen molar-refractivity contribution in [2.45, 2.75) is 26.9 Å². The number of ether oxygens (including phenoxy) is 2. The highest BCUT2D eigenvalue weighted by atomic mass is 16.5. The summed E-state index contributed by atoms with van der Waals surface area (Å²) in [5, 5.41) is 0. The van der Waals surface area contributed by atoms with Crippen LogP contribution < -0.4 is 4.74 Å². The molecule has 0 fully saturated rings. The van der Waals surface area contributed by atoms with Gasteiger partial charge in [-0.25, -0.2) is 9.78 Å². The van der Waals surface area contributed by atoms with E-state index in [1.165, 1.54) is 0 Å². The Morgan fingerprint density at radius 3 is 2.44 bits per heavy atom. The van der Waals surface area contributed by atoms with Gasteiger partial charge in [-0.2, -0.15) is 0 Å². The van der Waals surface area contributed by atoms with Crippen molar-refractivity contribution in [3.05, 3.63) is 78.4 Å². The Morgan fingerprint density at radius 2 is 1.81 bits per heavy atom. The molecule has 0 bridgehead atoms. The van der Waals surface area contributed by atoms with Gasteiger partial charge in [0, 0.05) is 18.1 Å². The fourth-order valence-electron chi connectivity index (χ4n) is 2.50. The first-order valence-electron chi connectivity index (χ1n) is 9.09. The van der Waals surface area contributed by atoms with Crippen molar-refractivity contribution in [1.29, 1.82) is 0 Å². The van der Waals surface area contributed by atoms with Gasteiger partial charge in [0.25, 0.3) is 0 Å². The van der Waals surface area contributed by atoms with E-state index in [4.69, 9.17) is 9.47 Å². The Labute approximate surface area is 159 Å². The quantitative estimate of drug-likeness (QED) is 0.546. The van der Waals surface area contributed by atoms with E-state index in [0.717, 1.165) is 23.4 Å². The number of aromatic nitrogens is 2. The van der Waals surface area contributed by atoms with Crippen LogP contribution in [0.2, 0.25) is 0 Å². The number of hydrogen-bond acceptors (Lipinski definition) is 4. The maximum atomic E-state index is 12.0. The highest BCUT2D eigenvalue weighted by molar-refractivity contribution is 5.89. The van der Waals surface area contributed by atoms with Crippen LogP contribution in [0.5, 0.6) is 5.75 Å². The van der Waals surface area contributed by atoms with Crippen LogP contribution in [-0.4, -0.2) is 22.1 Å². The van der Waals surface area contributed by atoms with Crippen LogP contribution in [0.1, 0.15) is 36.2 Å². The van der Waals surface area contributed by atoms with Crippen LogP contribution in [0, 0.1) is 5.92 Å². The highest BCUT2D eigenvalue weighted by Gasteiger charge is 2.07. The fourth-order valence-corrected chi connectivity index (χ4v) is 2.50. The average molecular weight is 364 g/mol. The third kappa shape index (κ3) is 5.45. The van der Waals surface area contributed by atoms with Gasteiger partial charge < -0.3 is 14.0 Å². The molecule has 0 spiro atoms. The smallest absolute Gasteiger partial charge is 0.338 e. The molecule has 1 aromatic heterocycles. The third-order valence-corrected chi connectivity index (χ3v) is 4.16. The SMILES string of the molecule is CC(C)CCOC(=O)c1ccc(COc2ccc(-n3ccnc3)cc2)cc1. The van der Waals surface area contributed by atoms with E-state index in [2.05, 4.69) is 18.8 Å². The largest absolute Gasteiger partial charge is 0.489 e. The van der Waals surface area contributed by atoms with E-state index in [0.29, 0.717) is 24.7 Å². The molecule has 1 heterocycles. The van der Waals surface area contributed by atoms with Gasteiger partial charge in [-0.05, 0) is 54.3 Å². The van der Waals surface area contributed by atoms with Crippen molar-refractivity contribution in [2.24, 2.45) is 5.92 Å². The van der Waals surface area contributed by atoms with E-state index in [-0.39, 0.29) is 5.97 Å². The molecule has 3 aromatic rings. The van der Waals surface area contributed by atoms with Crippen molar-refractivity contribution >= 4 is 5.97 Å². The second kappa shape index (κ2) is 9.03. The summed E-state index contributed by atoms with van der Waals surface area (Å²) in [6.45, 7) is 5.10. The molecule has 2 aromatic carbocycles. The lowest BCUT2D eigenvalue weighted by molar-refractivity contribution is 0.0488. The van der Waals surface area contributed by atoms with E-state index in [9.17, 15) is 4.79 Å². The van der Waals surface area contributed by atoms with Crippen molar-refractivity contribution in [1.82, 2.24) is 9.55 Å². The minimum Gasteiger partial charge on any atom is -0.489 e. The Morgan fingerprint density at radius 1 is 1.07 bits per heavy atom. The lowest BCUT2D eigenvalue weighted by Crippen LogP contribution is -2.08. The number of benzene rings is 2. The highest BCUT2D eigenvalue weighted by Crippen LogP contribution is 2.17. The zero-order valence-corrected chi connectivity index (χ0v) is 15.7. The molecule has 0 saturated heterocycles. The molecule has 0 unspecified atom stereocenters. The Balaban J connectivity index is 1.50. The van der Waals surface area contributed by atoms with E-state index in [1.54, 1.807) is 24.7 Å². The molecular weight excluding hydrogens is 340 g/mol. The Bertz CT molecular complexity index is 838. The van der Waals surface area contributed by atoms with Crippen molar-refractivity contribution in [2.75, 3.05) is 6.61 Å². The Kier molecular flexibility index (Phi) is 6.26. The van der Waals surface area contributed by atoms with Gasteiger partial charge in [0.1, 0.15) is 12.4 Å². The number of carbonyl (C=O) groups excluding carboxylic acids is 1. The lowest BCUT2D eigenvalue weighted by Gasteiger charge is -2.09. The second-order valence-electron chi connectivity index (χ2n) is 6.77. The fraction of sp³-hybridized carbons (Fsp3) is 0.273. The van der Waals surface area contributed by atoms with Gasteiger partial charge in [0.05, 0.1) is 18.5 Å². The number of imidazole rings is 1. The standard InChI is InChI=1S/C22H24N2O3/c1-17(2)11-14-26-22(25)19-5-3-18(4-6-19)15-27-21-9-7-20(8-10-21)24-13-12-23-16-24/h3-10,12-13,16-17H,11,14-15H2,1-2H3. The minimum atomic E-state index is -0.279. The van der Waals surface area contributed by atoms with Crippen molar-refractivity contribution in [3.8, 4) is 11.4 Å². The molecule has 0 radical (unpaired) electrons. The maximum absolute atomic E-state index is 12.0. The monoisotopic (exact) mass is 364 g/mol. The zero-order valence-electron chi connectivity index (χ0n) is 15.7. The maximum Gasteiger partial charge on any atom is 0.338 e. The van der Waals surface area contributed by atoms with Crippen LogP contribution in [0.25, 0.3) is 5.69 Å². The summed E-state index contributed by atoms with van der Waals surface area (Å²) in [4.78, 5) is 16.0. The summed E-state index contributed by atoms with van der Waals surface area (Å²) >= 11 is 0. The van der Waals surface area contributed by atoms with E-state index >= 15 is 0 Å². The lowest BCUT2D eigenvalue weighted by atomic mass is 10.1. The molecule has 27 heavy (non-hydrogen) atoms. The molecular formula is C22H24N2O3. The number of esters is 1. The van der Waals surface area contributed by atoms with Gasteiger partial charge in [-0.3, -0.25) is 0 Å². The summed E-state index contributed by atoms with van der Waals surface area (Å²) in [6.07, 6.45) is 6.27. The van der Waals surface area contributed by atoms with Gasteiger partial charge in [0.15, 0.2) is 0 Å². The van der Waals surface area contributed by atoms with Gasteiger partial charge in [0.2, 0.25) is 0 Å². The normalized spacial score (nSPS) is 10.8. The molecule has 0 aliphatic heterocycles. The number of hydrogen-bond donors (Lipinski definition) is 0. The topological polar surface area (TPSA) is 53.4 Å². The predicted molar refractivity (Wildman–Crippen MR) is 104 cm³/mol. The molecule has 5 nitrogen and oxygen atoms in total. The van der Waals surface area contributed by atoms with Crippen molar-refractivity contribution < 1.29 is 14.3 Å². The summed E-state index contributed by atoms with van der Waals surface area (Å²) in [6, 6.07) is 15.1. The third-order valence-electron chi connectivity index (χ3n) is 4.16. The number of rotatable bonds is 8. The first-order chi connectivity index (χ1) is 13.1. The van der Waals surface area contributed by atoms with Crippen LogP contribution in [0.15, 0.2) is 67.3 Å². The van der Waals surface area contributed by atoms with Crippen LogP contribution in [-0.2, 0) is 11.3 Å². The summed E-state index contributed by atoms with van der Waals surface area (Å²) in [7, 11) is 0. The summed E-state index contributed by atoms with van der Waals surface area (Å²) in [5.74, 6) is 1.03. The first-order valence-corrected chi connectivity index (χ1v) is 9.09. The number of carbonyl (C=O) groups is 1. The molecule has 140 valence electrons. The van der Waals surface area contributed by atoms with Crippen molar-refractivity contribution in [3.63, 3.8) is 0 Å². The summed E-state index contributed by atoms with van der Waals surface area (Å²) < 4.78 is 13.0. The molecule has 0 saturated carbocycles. The molecule has 0 N–H and O–H groups in total. The Hall–Kier alpha value is -3.08. The van der Waals surface area contributed by atoms with E-state index < -0.39 is 0 Å². The molecule has 0 atom stereocenters. The average Bonchev–Trinajstić information content (AvgIpc) is 3.21. The van der Waals surface area contributed by atoms with E-state index in [1.807, 2.05) is 47.2 Å².